The highest BCUT2D eigenvalue weighted by molar-refractivity contribution is 5.91. The topological polar surface area (TPSA) is 82.0 Å². The first-order valence-electron chi connectivity index (χ1n) is 6.48. The van der Waals surface area contributed by atoms with E-state index in [4.69, 9.17) is 4.74 Å². The number of morpholine rings is 1. The second kappa shape index (κ2) is 4.94. The van der Waals surface area contributed by atoms with Crippen molar-refractivity contribution in [3.05, 3.63) is 34.2 Å². The van der Waals surface area contributed by atoms with Gasteiger partial charge in [0.1, 0.15) is 17.1 Å². The summed E-state index contributed by atoms with van der Waals surface area (Å²) in [6, 6.07) is 5.55. The Morgan fingerprint density at radius 1 is 1.60 bits per heavy atom. The van der Waals surface area contributed by atoms with Crippen LogP contribution < -0.4 is 10.5 Å². The van der Waals surface area contributed by atoms with Gasteiger partial charge in [-0.05, 0) is 19.1 Å². The average Bonchev–Trinajstić information content (AvgIpc) is 2.45. The van der Waals surface area contributed by atoms with Gasteiger partial charge >= 0.3 is 0 Å². The minimum absolute atomic E-state index is 0.0633. The summed E-state index contributed by atoms with van der Waals surface area (Å²) >= 11 is 0. The Bertz CT molecular complexity index is 747. The zero-order valence-electron chi connectivity index (χ0n) is 11.1. The fourth-order valence-electron chi connectivity index (χ4n) is 2.54. The van der Waals surface area contributed by atoms with Crippen LogP contribution in [0.2, 0.25) is 0 Å². The lowest BCUT2D eigenvalue weighted by atomic mass is 10.1. The molecule has 3 rings (SSSR count). The highest BCUT2D eigenvalue weighted by Crippen LogP contribution is 2.27. The van der Waals surface area contributed by atoms with Gasteiger partial charge in [-0.3, -0.25) is 9.78 Å². The monoisotopic (exact) mass is 270 g/mol. The molecule has 1 fully saturated rings. The summed E-state index contributed by atoms with van der Waals surface area (Å²) in [6.07, 6.45) is 1.73. The standard InChI is InChI=1S/C14H14N4O2/c1-9-8-18(5-6-20-9)13-10(7-15)14(19)17-11-3-2-4-16-12(11)13/h2-4,9H,5-6,8H2,1H3,(H,17,19). The van der Waals surface area contributed by atoms with Crippen LogP contribution >= 0.6 is 0 Å². The van der Waals surface area contributed by atoms with Crippen LogP contribution in [0.1, 0.15) is 12.5 Å². The molecule has 20 heavy (non-hydrogen) atoms. The third kappa shape index (κ3) is 2.02. The summed E-state index contributed by atoms with van der Waals surface area (Å²) in [7, 11) is 0. The number of ether oxygens (including phenoxy) is 1. The number of fused-ring (bicyclic) bond motifs is 1. The molecule has 1 aliphatic rings. The number of H-pyrrole nitrogens is 1. The molecule has 0 radical (unpaired) electrons. The van der Waals surface area contributed by atoms with Gasteiger partial charge in [-0.2, -0.15) is 5.26 Å². The van der Waals surface area contributed by atoms with Crippen molar-refractivity contribution in [2.24, 2.45) is 0 Å². The van der Waals surface area contributed by atoms with E-state index in [0.717, 1.165) is 0 Å². The lowest BCUT2D eigenvalue weighted by Gasteiger charge is -2.33. The van der Waals surface area contributed by atoms with Crippen LogP contribution in [-0.4, -0.2) is 35.8 Å². The molecule has 1 aliphatic heterocycles. The molecule has 0 bridgehead atoms. The lowest BCUT2D eigenvalue weighted by Crippen LogP contribution is -2.42. The Labute approximate surface area is 115 Å². The first-order valence-corrected chi connectivity index (χ1v) is 6.48. The summed E-state index contributed by atoms with van der Waals surface area (Å²) in [5, 5.41) is 9.30. The molecule has 6 nitrogen and oxygen atoms in total. The molecule has 1 saturated heterocycles. The molecule has 1 atom stereocenters. The molecule has 0 spiro atoms. The van der Waals surface area contributed by atoms with Gasteiger partial charge in [0.25, 0.3) is 5.56 Å². The van der Waals surface area contributed by atoms with Crippen molar-refractivity contribution in [1.29, 1.82) is 5.26 Å². The minimum Gasteiger partial charge on any atom is -0.375 e. The quantitative estimate of drug-likeness (QED) is 0.836. The first-order chi connectivity index (χ1) is 9.70. The van der Waals surface area contributed by atoms with Crippen molar-refractivity contribution in [3.63, 3.8) is 0 Å². The van der Waals surface area contributed by atoms with Crippen LogP contribution in [0.5, 0.6) is 0 Å². The van der Waals surface area contributed by atoms with E-state index in [2.05, 4.69) is 9.97 Å². The number of hydrogen-bond donors (Lipinski definition) is 1. The van der Waals surface area contributed by atoms with E-state index in [1.807, 2.05) is 17.9 Å². The summed E-state index contributed by atoms with van der Waals surface area (Å²) in [5.41, 5.74) is 1.65. The van der Waals surface area contributed by atoms with Crippen LogP contribution in [0.15, 0.2) is 23.1 Å². The summed E-state index contributed by atoms with van der Waals surface area (Å²) in [4.78, 5) is 21.1. The second-order valence-corrected chi connectivity index (χ2v) is 4.82. The van der Waals surface area contributed by atoms with Gasteiger partial charge in [0.05, 0.1) is 23.9 Å². The van der Waals surface area contributed by atoms with Crippen LogP contribution in [0, 0.1) is 11.3 Å². The molecule has 1 unspecified atom stereocenters. The molecule has 0 amide bonds. The molecule has 1 N–H and O–H groups in total. The number of anilines is 1. The normalized spacial score (nSPS) is 19.0. The summed E-state index contributed by atoms with van der Waals surface area (Å²) in [6.45, 7) is 3.84. The van der Waals surface area contributed by atoms with Gasteiger partial charge in [0, 0.05) is 19.3 Å². The van der Waals surface area contributed by atoms with E-state index >= 15 is 0 Å². The molecule has 0 aromatic carbocycles. The Morgan fingerprint density at radius 3 is 3.20 bits per heavy atom. The molecule has 6 heteroatoms. The van der Waals surface area contributed by atoms with Crippen molar-refractivity contribution < 1.29 is 4.74 Å². The van der Waals surface area contributed by atoms with E-state index in [-0.39, 0.29) is 17.2 Å². The van der Waals surface area contributed by atoms with E-state index < -0.39 is 0 Å². The summed E-state index contributed by atoms with van der Waals surface area (Å²) in [5.74, 6) is 0. The fourth-order valence-corrected chi connectivity index (χ4v) is 2.54. The number of rotatable bonds is 1. The predicted molar refractivity (Wildman–Crippen MR) is 74.7 cm³/mol. The molecule has 2 aromatic rings. The summed E-state index contributed by atoms with van der Waals surface area (Å²) < 4.78 is 5.51. The maximum Gasteiger partial charge on any atom is 0.268 e. The smallest absolute Gasteiger partial charge is 0.268 e. The van der Waals surface area contributed by atoms with Crippen molar-refractivity contribution >= 4 is 16.7 Å². The van der Waals surface area contributed by atoms with Crippen molar-refractivity contribution in [2.75, 3.05) is 24.6 Å². The third-order valence-electron chi connectivity index (χ3n) is 3.41. The molecule has 2 aromatic heterocycles. The molecule has 0 saturated carbocycles. The Kier molecular flexibility index (Phi) is 3.12. The van der Waals surface area contributed by atoms with E-state index in [1.54, 1.807) is 18.3 Å². The van der Waals surface area contributed by atoms with Crippen LogP contribution in [0.25, 0.3) is 11.0 Å². The number of nitrogens with one attached hydrogen (secondary N) is 1. The lowest BCUT2D eigenvalue weighted by molar-refractivity contribution is 0.0533. The maximum atomic E-state index is 12.0. The maximum absolute atomic E-state index is 12.0. The van der Waals surface area contributed by atoms with E-state index in [1.165, 1.54) is 0 Å². The number of pyridine rings is 2. The Balaban J connectivity index is 2.26. The SMILES string of the molecule is CC1CN(c2c(C#N)c(=O)[nH]c3cccnc23)CCO1. The van der Waals surface area contributed by atoms with Crippen LogP contribution in [0.3, 0.4) is 0 Å². The van der Waals surface area contributed by atoms with E-state index in [9.17, 15) is 10.1 Å². The van der Waals surface area contributed by atoms with Crippen LogP contribution in [0.4, 0.5) is 5.69 Å². The van der Waals surface area contributed by atoms with Crippen molar-refractivity contribution in [3.8, 4) is 6.07 Å². The Morgan fingerprint density at radius 2 is 2.45 bits per heavy atom. The van der Waals surface area contributed by atoms with Gasteiger partial charge in [0.15, 0.2) is 0 Å². The largest absolute Gasteiger partial charge is 0.375 e. The van der Waals surface area contributed by atoms with Gasteiger partial charge in [0.2, 0.25) is 0 Å². The van der Waals surface area contributed by atoms with Gasteiger partial charge < -0.3 is 14.6 Å². The number of aromatic nitrogens is 2. The Hall–Kier alpha value is -2.39. The number of nitrogens with zero attached hydrogens (tertiary/aromatic N) is 3. The zero-order valence-corrected chi connectivity index (χ0v) is 11.1. The van der Waals surface area contributed by atoms with Gasteiger partial charge in [-0.1, -0.05) is 0 Å². The first kappa shape index (κ1) is 12.6. The molecule has 0 aliphatic carbocycles. The van der Waals surface area contributed by atoms with E-state index in [0.29, 0.717) is 36.4 Å². The third-order valence-corrected chi connectivity index (χ3v) is 3.41. The van der Waals surface area contributed by atoms with Gasteiger partial charge in [-0.15, -0.1) is 0 Å². The number of aromatic amines is 1. The fraction of sp³-hybridized carbons (Fsp3) is 0.357. The van der Waals surface area contributed by atoms with Crippen LogP contribution in [-0.2, 0) is 4.74 Å². The molecular formula is C14H14N4O2. The number of nitriles is 1. The number of hydrogen-bond acceptors (Lipinski definition) is 5. The van der Waals surface area contributed by atoms with Crippen molar-refractivity contribution in [2.45, 2.75) is 13.0 Å². The highest BCUT2D eigenvalue weighted by atomic mass is 16.5. The highest BCUT2D eigenvalue weighted by Gasteiger charge is 2.24. The zero-order chi connectivity index (χ0) is 14.1. The molecular weight excluding hydrogens is 256 g/mol. The second-order valence-electron chi connectivity index (χ2n) is 4.82. The average molecular weight is 270 g/mol. The predicted octanol–water partition coefficient (Wildman–Crippen LogP) is 1.02. The molecule has 102 valence electrons. The minimum atomic E-state index is -0.373. The van der Waals surface area contributed by atoms with Gasteiger partial charge in [-0.25, -0.2) is 0 Å². The van der Waals surface area contributed by atoms with Crippen molar-refractivity contribution in [1.82, 2.24) is 9.97 Å². The molecule has 3 heterocycles.